The molecular weight excluding hydrogens is 857 g/mol. The van der Waals surface area contributed by atoms with Crippen molar-refractivity contribution in [3.63, 3.8) is 0 Å². The van der Waals surface area contributed by atoms with Gasteiger partial charge in [0.05, 0.1) is 11.4 Å². The van der Waals surface area contributed by atoms with E-state index in [1.165, 1.54) is 22.3 Å². The van der Waals surface area contributed by atoms with E-state index >= 15 is 0 Å². The van der Waals surface area contributed by atoms with Crippen molar-refractivity contribution < 1.29 is 26.6 Å². The van der Waals surface area contributed by atoms with Crippen LogP contribution in [0, 0.1) is 0 Å². The minimum absolute atomic E-state index is 0.577. The Morgan fingerprint density at radius 3 is 0.970 bits per heavy atom. The van der Waals surface area contributed by atoms with Crippen molar-refractivity contribution in [3.8, 4) is 45.3 Å². The van der Waals surface area contributed by atoms with Crippen molar-refractivity contribution in [2.45, 2.75) is 79.3 Å². The van der Waals surface area contributed by atoms with Crippen molar-refractivity contribution in [2.75, 3.05) is 39.6 Å². The van der Waals surface area contributed by atoms with Crippen LogP contribution in [-0.4, -0.2) is 77.2 Å². The lowest BCUT2D eigenvalue weighted by atomic mass is 10.0. The van der Waals surface area contributed by atoms with E-state index in [9.17, 15) is 0 Å². The second kappa shape index (κ2) is 23.9. The summed E-state index contributed by atoms with van der Waals surface area (Å²) in [6.45, 7) is 15.5. The Hall–Kier alpha value is -5.29. The molecule has 0 aliphatic carbocycles. The number of hydrogen-bond acceptors (Lipinski definition) is 8. The second-order valence-corrected chi connectivity index (χ2v) is 21.5. The minimum atomic E-state index is -2.72. The summed E-state index contributed by atoms with van der Waals surface area (Å²) in [6, 6.07) is 48.5. The van der Waals surface area contributed by atoms with Crippen molar-refractivity contribution in [1.29, 1.82) is 0 Å². The van der Waals surface area contributed by atoms with Gasteiger partial charge in [0.2, 0.25) is 0 Å². The zero-order valence-corrected chi connectivity index (χ0v) is 41.5. The van der Waals surface area contributed by atoms with Gasteiger partial charge in [-0.1, -0.05) is 133 Å². The number of aryl methyl sites for hydroxylation is 2. The number of nitrogens with zero attached hydrogens (tertiary/aromatic N) is 2. The molecule has 12 heteroatoms. The van der Waals surface area contributed by atoms with Gasteiger partial charge in [0.15, 0.2) is 0 Å². The van der Waals surface area contributed by atoms with E-state index in [2.05, 4.69) is 131 Å². The highest BCUT2D eigenvalue weighted by molar-refractivity contribution is 6.61. The third-order valence-electron chi connectivity index (χ3n) is 11.5. The Kier molecular flexibility index (Phi) is 17.6. The van der Waals surface area contributed by atoms with E-state index in [-0.39, 0.29) is 0 Å². The van der Waals surface area contributed by atoms with Crippen molar-refractivity contribution in [3.05, 3.63) is 167 Å². The topological polar surface area (TPSA) is 113 Å². The molecule has 66 heavy (non-hydrogen) atoms. The summed E-state index contributed by atoms with van der Waals surface area (Å²) < 4.78 is 36.6. The smallest absolute Gasteiger partial charge is 0.374 e. The number of aromatic amines is 2. The quantitative estimate of drug-likeness (QED) is 0.0517. The SMILES string of the molecule is CCO[Si](CCc1ccc(Cc2[nH]c(-c3ccc(-c4nc(-c5ccccc5)c(Cc5ccc(CC[Si](OCC)(OCC)OCC)cc5)[nH]4)cc3)nc2-c2ccccc2)cc1)(OCC)OCC. The van der Waals surface area contributed by atoms with Crippen molar-refractivity contribution in [2.24, 2.45) is 0 Å². The van der Waals surface area contributed by atoms with Crippen LogP contribution in [0.25, 0.3) is 45.3 Å². The Morgan fingerprint density at radius 2 is 0.667 bits per heavy atom. The highest BCUT2D eigenvalue weighted by atomic mass is 28.4. The third kappa shape index (κ3) is 12.6. The van der Waals surface area contributed by atoms with Crippen molar-refractivity contribution >= 4 is 17.6 Å². The first-order valence-electron chi connectivity index (χ1n) is 23.7. The number of nitrogens with one attached hydrogen (secondary N) is 2. The second-order valence-electron chi connectivity index (χ2n) is 16.1. The normalized spacial score (nSPS) is 12.0. The van der Waals surface area contributed by atoms with Gasteiger partial charge in [-0.25, -0.2) is 9.97 Å². The number of aromatic nitrogens is 4. The van der Waals surface area contributed by atoms with Gasteiger partial charge >= 0.3 is 17.6 Å². The van der Waals surface area contributed by atoms with Gasteiger partial charge < -0.3 is 36.5 Å². The molecule has 2 heterocycles. The highest BCUT2D eigenvalue weighted by Gasteiger charge is 2.40. The Balaban J connectivity index is 1.09. The maximum Gasteiger partial charge on any atom is 0.501 e. The summed E-state index contributed by atoms with van der Waals surface area (Å²) in [6.07, 6.45) is 3.08. The number of imidazole rings is 2. The summed E-state index contributed by atoms with van der Waals surface area (Å²) >= 11 is 0. The standard InChI is InChI=1S/C54H66N4O6Si2/c1-7-59-65(60-8-2,61-9-3)37-35-41-23-27-43(28-24-41)39-49-51(45-19-15-13-16-20-45)57-53(55-49)47-31-33-48(34-32-47)54-56-50(52(58-54)46-21-17-14-18-22-46)40-44-29-25-42(26-30-44)36-38-66(62-10-4,63-11-5)64-12-6/h13-34H,7-12,35-40H2,1-6H3,(H,55,57)(H,56,58). The lowest BCUT2D eigenvalue weighted by Crippen LogP contribution is -2.46. The molecular formula is C54H66N4O6Si2. The predicted octanol–water partition coefficient (Wildman–Crippen LogP) is 12.2. The summed E-state index contributed by atoms with van der Waals surface area (Å²) in [5.41, 5.74) is 13.1. The van der Waals surface area contributed by atoms with Crippen LogP contribution in [0.1, 0.15) is 75.2 Å². The molecule has 7 aromatic rings. The fraction of sp³-hybridized carbons (Fsp3) is 0.333. The summed E-state index contributed by atoms with van der Waals surface area (Å²) in [7, 11) is -5.44. The van der Waals surface area contributed by atoms with E-state index in [0.29, 0.717) is 52.5 Å². The van der Waals surface area contributed by atoms with Gasteiger partial charge in [0.25, 0.3) is 0 Å². The van der Waals surface area contributed by atoms with Gasteiger partial charge in [-0.2, -0.15) is 0 Å². The molecule has 10 nitrogen and oxygen atoms in total. The molecule has 0 saturated carbocycles. The van der Waals surface area contributed by atoms with Crippen LogP contribution in [-0.2, 0) is 52.2 Å². The van der Waals surface area contributed by atoms with Gasteiger partial charge in [0, 0.05) is 98.2 Å². The molecule has 0 aliphatic heterocycles. The Morgan fingerprint density at radius 1 is 0.364 bits per heavy atom. The first-order chi connectivity index (χ1) is 32.3. The summed E-state index contributed by atoms with van der Waals surface area (Å²) in [5.74, 6) is 1.65. The van der Waals surface area contributed by atoms with Gasteiger partial charge in [-0.05, 0) is 76.6 Å². The molecule has 5 aromatic carbocycles. The van der Waals surface area contributed by atoms with E-state index < -0.39 is 17.6 Å². The minimum Gasteiger partial charge on any atom is -0.374 e. The van der Waals surface area contributed by atoms with Crippen LogP contribution >= 0.6 is 0 Å². The number of rotatable bonds is 26. The molecule has 0 atom stereocenters. The zero-order valence-electron chi connectivity index (χ0n) is 39.5. The molecule has 0 fully saturated rings. The maximum atomic E-state index is 6.10. The van der Waals surface area contributed by atoms with Crippen LogP contribution in [0.15, 0.2) is 133 Å². The first-order valence-corrected chi connectivity index (χ1v) is 27.6. The van der Waals surface area contributed by atoms with Crippen LogP contribution in [0.4, 0.5) is 0 Å². The lowest BCUT2D eigenvalue weighted by Gasteiger charge is -2.28. The van der Waals surface area contributed by atoms with Gasteiger partial charge in [-0.3, -0.25) is 0 Å². The highest BCUT2D eigenvalue weighted by Crippen LogP contribution is 2.32. The number of H-pyrrole nitrogens is 2. The molecule has 0 radical (unpaired) electrons. The average molecular weight is 923 g/mol. The van der Waals surface area contributed by atoms with Crippen LogP contribution in [0.3, 0.4) is 0 Å². The molecule has 2 N–H and O–H groups in total. The molecule has 2 aromatic heterocycles. The Bertz CT molecular complexity index is 2300. The largest absolute Gasteiger partial charge is 0.501 e. The van der Waals surface area contributed by atoms with Crippen LogP contribution < -0.4 is 0 Å². The molecule has 0 unspecified atom stereocenters. The fourth-order valence-electron chi connectivity index (χ4n) is 8.46. The van der Waals surface area contributed by atoms with E-state index in [1.54, 1.807) is 0 Å². The number of hydrogen-bond donors (Lipinski definition) is 2. The molecule has 0 spiro atoms. The van der Waals surface area contributed by atoms with E-state index in [4.69, 9.17) is 36.5 Å². The molecule has 0 aliphatic rings. The van der Waals surface area contributed by atoms with Crippen LogP contribution in [0.5, 0.6) is 0 Å². The first kappa shape index (κ1) is 48.6. The average Bonchev–Trinajstić information content (AvgIpc) is 3.97. The summed E-state index contributed by atoms with van der Waals surface area (Å²) in [4.78, 5) is 17.8. The summed E-state index contributed by atoms with van der Waals surface area (Å²) in [5, 5.41) is 0. The molecule has 346 valence electrons. The maximum absolute atomic E-state index is 6.10. The zero-order chi connectivity index (χ0) is 46.2. The Labute approximate surface area is 393 Å². The monoisotopic (exact) mass is 922 g/mol. The fourth-order valence-corrected chi connectivity index (χ4v) is 13.7. The van der Waals surface area contributed by atoms with E-state index in [1.807, 2.05) is 53.7 Å². The van der Waals surface area contributed by atoms with Crippen LogP contribution in [0.2, 0.25) is 12.1 Å². The number of benzene rings is 5. The molecule has 7 rings (SSSR count). The van der Waals surface area contributed by atoms with Gasteiger partial charge in [-0.15, -0.1) is 0 Å². The van der Waals surface area contributed by atoms with Crippen molar-refractivity contribution in [1.82, 2.24) is 19.9 Å². The molecule has 0 amide bonds. The molecule has 0 saturated heterocycles. The lowest BCUT2D eigenvalue weighted by molar-refractivity contribution is 0.0706. The molecule has 0 bridgehead atoms. The van der Waals surface area contributed by atoms with Gasteiger partial charge in [0.1, 0.15) is 11.6 Å². The third-order valence-corrected chi connectivity index (χ3v) is 17.6. The predicted molar refractivity (Wildman–Crippen MR) is 269 cm³/mol. The van der Waals surface area contributed by atoms with E-state index in [0.717, 1.165) is 81.6 Å².